The first-order chi connectivity index (χ1) is 15.5. The number of amides is 1. The highest BCUT2D eigenvalue weighted by Crippen LogP contribution is 2.37. The fourth-order valence-corrected chi connectivity index (χ4v) is 5.45. The van der Waals surface area contributed by atoms with E-state index in [-0.39, 0.29) is 5.56 Å². The molecule has 3 heterocycles. The standard InChI is InChI=1S/C24H20N2O5S/c1-26-10-9-15-19(12-26)32-22(20(15)24(29)30-2)25-21(27)17-11-16-14-6-4-3-5-13(14)7-8-18(16)31-23(17)28/h3-8,11H,9-10,12H2,1-2H3,(H,25,27). The second-order valence-corrected chi connectivity index (χ2v) is 8.89. The minimum atomic E-state index is -0.731. The van der Waals surface area contributed by atoms with Crippen molar-refractivity contribution in [1.29, 1.82) is 0 Å². The number of ether oxygens (including phenoxy) is 1. The number of thiophene rings is 1. The zero-order valence-electron chi connectivity index (χ0n) is 17.6. The van der Waals surface area contributed by atoms with E-state index in [0.29, 0.717) is 34.5 Å². The molecule has 0 fully saturated rings. The molecular formula is C24H20N2O5S. The summed E-state index contributed by atoms with van der Waals surface area (Å²) in [5.74, 6) is -1.12. The Hall–Kier alpha value is -3.49. The maximum Gasteiger partial charge on any atom is 0.349 e. The monoisotopic (exact) mass is 448 g/mol. The van der Waals surface area contributed by atoms with E-state index in [1.54, 1.807) is 12.1 Å². The largest absolute Gasteiger partial charge is 0.465 e. The number of likely N-dealkylation sites (N-methyl/N-ethyl adjacent to an activating group) is 1. The Balaban J connectivity index is 1.58. The molecule has 7 nitrogen and oxygen atoms in total. The summed E-state index contributed by atoms with van der Waals surface area (Å²) in [4.78, 5) is 41.4. The first kappa shape index (κ1) is 20.4. The summed E-state index contributed by atoms with van der Waals surface area (Å²) in [7, 11) is 3.32. The van der Waals surface area contributed by atoms with Crippen LogP contribution < -0.4 is 10.9 Å². The number of benzene rings is 2. The van der Waals surface area contributed by atoms with Gasteiger partial charge in [0.25, 0.3) is 5.91 Å². The lowest BCUT2D eigenvalue weighted by molar-refractivity contribution is 0.0600. The van der Waals surface area contributed by atoms with Crippen molar-refractivity contribution < 1.29 is 18.7 Å². The molecule has 0 unspecified atom stereocenters. The molecule has 1 N–H and O–H groups in total. The summed E-state index contributed by atoms with van der Waals surface area (Å²) in [6.45, 7) is 1.49. The molecule has 2 aromatic heterocycles. The number of methoxy groups -OCH3 is 1. The van der Waals surface area contributed by atoms with E-state index in [4.69, 9.17) is 9.15 Å². The topological polar surface area (TPSA) is 88.8 Å². The van der Waals surface area contributed by atoms with Crippen molar-refractivity contribution >= 4 is 50.0 Å². The van der Waals surface area contributed by atoms with Crippen molar-refractivity contribution in [1.82, 2.24) is 4.90 Å². The zero-order chi connectivity index (χ0) is 22.4. The summed E-state index contributed by atoms with van der Waals surface area (Å²) in [5, 5.41) is 5.69. The number of esters is 1. The van der Waals surface area contributed by atoms with E-state index in [2.05, 4.69) is 10.2 Å². The zero-order valence-corrected chi connectivity index (χ0v) is 18.4. The molecule has 8 heteroatoms. The average molecular weight is 449 g/mol. The third kappa shape index (κ3) is 3.37. The molecule has 4 aromatic rings. The van der Waals surface area contributed by atoms with E-state index in [1.807, 2.05) is 37.4 Å². The van der Waals surface area contributed by atoms with Crippen molar-refractivity contribution in [2.45, 2.75) is 13.0 Å². The van der Waals surface area contributed by atoms with Crippen LogP contribution in [0.15, 0.2) is 51.7 Å². The fourth-order valence-electron chi connectivity index (χ4n) is 4.14. The van der Waals surface area contributed by atoms with E-state index in [9.17, 15) is 14.4 Å². The predicted molar refractivity (Wildman–Crippen MR) is 124 cm³/mol. The van der Waals surface area contributed by atoms with E-state index in [0.717, 1.165) is 27.8 Å². The molecular weight excluding hydrogens is 428 g/mol. The molecule has 1 aliphatic heterocycles. The van der Waals surface area contributed by atoms with Crippen molar-refractivity contribution in [3.8, 4) is 0 Å². The van der Waals surface area contributed by atoms with E-state index < -0.39 is 17.5 Å². The summed E-state index contributed by atoms with van der Waals surface area (Å²) in [6.07, 6.45) is 0.687. The quantitative estimate of drug-likeness (QED) is 0.289. The first-order valence-electron chi connectivity index (χ1n) is 10.1. The molecule has 0 saturated carbocycles. The van der Waals surface area contributed by atoms with Crippen LogP contribution in [-0.4, -0.2) is 37.5 Å². The maximum absolute atomic E-state index is 13.1. The molecule has 32 heavy (non-hydrogen) atoms. The molecule has 2 aromatic carbocycles. The molecule has 1 amide bonds. The molecule has 0 radical (unpaired) electrons. The Morgan fingerprint density at radius 1 is 1.16 bits per heavy atom. The second-order valence-electron chi connectivity index (χ2n) is 7.79. The lowest BCUT2D eigenvalue weighted by Crippen LogP contribution is -2.26. The highest BCUT2D eigenvalue weighted by Gasteiger charge is 2.29. The van der Waals surface area contributed by atoms with Crippen molar-refractivity contribution in [3.05, 3.63) is 74.5 Å². The third-order valence-electron chi connectivity index (χ3n) is 5.75. The number of hydrogen-bond donors (Lipinski definition) is 1. The average Bonchev–Trinajstić information content (AvgIpc) is 3.14. The predicted octanol–water partition coefficient (Wildman–Crippen LogP) is 4.03. The molecule has 0 atom stereocenters. The van der Waals surface area contributed by atoms with Crippen LogP contribution in [0.5, 0.6) is 0 Å². The first-order valence-corrected chi connectivity index (χ1v) is 11.0. The number of hydrogen-bond acceptors (Lipinski definition) is 7. The van der Waals surface area contributed by atoms with Gasteiger partial charge in [-0.2, -0.15) is 0 Å². The van der Waals surface area contributed by atoms with Crippen LogP contribution in [0.2, 0.25) is 0 Å². The number of nitrogens with one attached hydrogen (secondary N) is 1. The Morgan fingerprint density at radius 2 is 1.97 bits per heavy atom. The molecule has 162 valence electrons. The van der Waals surface area contributed by atoms with Crippen LogP contribution in [-0.2, 0) is 17.7 Å². The smallest absolute Gasteiger partial charge is 0.349 e. The van der Waals surface area contributed by atoms with Gasteiger partial charge in [0.2, 0.25) is 0 Å². The molecule has 0 bridgehead atoms. The normalized spacial score (nSPS) is 13.8. The van der Waals surface area contributed by atoms with Gasteiger partial charge in [0.15, 0.2) is 0 Å². The minimum absolute atomic E-state index is 0.117. The summed E-state index contributed by atoms with van der Waals surface area (Å²) < 4.78 is 10.4. The molecule has 5 rings (SSSR count). The van der Waals surface area contributed by atoms with Gasteiger partial charge in [-0.25, -0.2) is 9.59 Å². The number of fused-ring (bicyclic) bond motifs is 4. The number of nitrogens with zero attached hydrogens (tertiary/aromatic N) is 1. The Bertz CT molecular complexity index is 1450. The van der Waals surface area contributed by atoms with Gasteiger partial charge in [0.05, 0.1) is 12.7 Å². The van der Waals surface area contributed by atoms with Crippen LogP contribution in [0.3, 0.4) is 0 Å². The van der Waals surface area contributed by atoms with Crippen LogP contribution in [0.1, 0.15) is 31.2 Å². The van der Waals surface area contributed by atoms with Gasteiger partial charge in [0, 0.05) is 23.4 Å². The molecule has 0 spiro atoms. The number of rotatable bonds is 3. The van der Waals surface area contributed by atoms with Gasteiger partial charge in [-0.15, -0.1) is 11.3 Å². The third-order valence-corrected chi connectivity index (χ3v) is 6.88. The van der Waals surface area contributed by atoms with E-state index >= 15 is 0 Å². The van der Waals surface area contributed by atoms with Gasteiger partial charge in [-0.1, -0.05) is 30.3 Å². The van der Waals surface area contributed by atoms with Crippen LogP contribution in [0.4, 0.5) is 5.00 Å². The summed E-state index contributed by atoms with van der Waals surface area (Å²) in [6, 6.07) is 12.8. The number of carbonyl (C=O) groups is 2. The maximum atomic E-state index is 13.1. The van der Waals surface area contributed by atoms with Crippen LogP contribution in [0.25, 0.3) is 21.7 Å². The molecule has 0 aliphatic carbocycles. The SMILES string of the molecule is COC(=O)c1c(NC(=O)c2cc3c(ccc4ccccc43)oc2=O)sc2c1CCN(C)C2. The van der Waals surface area contributed by atoms with Gasteiger partial charge >= 0.3 is 11.6 Å². The number of anilines is 1. The van der Waals surface area contributed by atoms with Gasteiger partial charge in [0.1, 0.15) is 16.1 Å². The minimum Gasteiger partial charge on any atom is -0.465 e. The lowest BCUT2D eigenvalue weighted by atomic mass is 10.0. The molecule has 1 aliphatic rings. The fraction of sp³-hybridized carbons (Fsp3) is 0.208. The summed E-state index contributed by atoms with van der Waals surface area (Å²) >= 11 is 1.34. The molecule has 0 saturated heterocycles. The Morgan fingerprint density at radius 3 is 2.78 bits per heavy atom. The van der Waals surface area contributed by atoms with Crippen molar-refractivity contribution in [2.24, 2.45) is 0 Å². The van der Waals surface area contributed by atoms with Crippen molar-refractivity contribution in [2.75, 3.05) is 26.0 Å². The highest BCUT2D eigenvalue weighted by atomic mass is 32.1. The van der Waals surface area contributed by atoms with Gasteiger partial charge in [-0.05, 0) is 41.9 Å². The summed E-state index contributed by atoms with van der Waals surface area (Å²) in [5.41, 5.74) is 0.825. The van der Waals surface area contributed by atoms with Gasteiger partial charge in [-0.3, -0.25) is 4.79 Å². The second kappa shape index (κ2) is 7.89. The Kier molecular flexibility index (Phi) is 5.03. The lowest BCUT2D eigenvalue weighted by Gasteiger charge is -2.22. The van der Waals surface area contributed by atoms with E-state index in [1.165, 1.54) is 18.4 Å². The van der Waals surface area contributed by atoms with Crippen LogP contribution >= 0.6 is 11.3 Å². The van der Waals surface area contributed by atoms with Crippen molar-refractivity contribution in [3.63, 3.8) is 0 Å². The highest BCUT2D eigenvalue weighted by molar-refractivity contribution is 7.17. The number of carbonyl (C=O) groups excluding carboxylic acids is 2. The van der Waals surface area contributed by atoms with Gasteiger partial charge < -0.3 is 19.4 Å². The Labute approximate surface area is 187 Å². The van der Waals surface area contributed by atoms with Crippen LogP contribution in [0, 0.1) is 0 Å².